The maximum absolute atomic E-state index is 13.4. The summed E-state index contributed by atoms with van der Waals surface area (Å²) in [6.07, 6.45) is 2.02. The number of anilines is 1. The predicted octanol–water partition coefficient (Wildman–Crippen LogP) is 4.56. The molecule has 0 heterocycles. The number of rotatable bonds is 6. The molecule has 0 aliphatic rings. The number of nitrogens with one attached hydrogen (secondary N) is 1. The first-order valence-electron chi connectivity index (χ1n) is 6.54. The van der Waals surface area contributed by atoms with E-state index in [0.29, 0.717) is 5.75 Å². The van der Waals surface area contributed by atoms with E-state index < -0.39 is 11.6 Å². The Bertz CT molecular complexity index is 647. The third-order valence-corrected chi connectivity index (χ3v) is 4.61. The largest absolute Gasteiger partial charge is 0.323 e. The monoisotopic (exact) mass is 339 g/mol. The molecule has 22 heavy (non-hydrogen) atoms. The van der Waals surface area contributed by atoms with Gasteiger partial charge in [0.2, 0.25) is 5.91 Å². The maximum Gasteiger partial charge on any atom is 0.234 e. The first-order valence-corrected chi connectivity index (χ1v) is 8.92. The van der Waals surface area contributed by atoms with Crippen LogP contribution in [0.2, 0.25) is 0 Å². The van der Waals surface area contributed by atoms with Gasteiger partial charge in [0.15, 0.2) is 0 Å². The molecule has 2 aromatic rings. The van der Waals surface area contributed by atoms with Gasteiger partial charge in [-0.2, -0.15) is 0 Å². The van der Waals surface area contributed by atoms with Crippen molar-refractivity contribution in [1.82, 2.24) is 0 Å². The van der Waals surface area contributed by atoms with Crippen LogP contribution in [0.25, 0.3) is 0 Å². The summed E-state index contributed by atoms with van der Waals surface area (Å²) in [7, 11) is 0. The van der Waals surface area contributed by atoms with Crippen molar-refractivity contribution in [3.8, 4) is 0 Å². The van der Waals surface area contributed by atoms with Gasteiger partial charge in [-0.3, -0.25) is 4.79 Å². The van der Waals surface area contributed by atoms with Crippen molar-refractivity contribution in [2.75, 3.05) is 17.3 Å². The number of carbonyl (C=O) groups is 1. The minimum absolute atomic E-state index is 0.00340. The van der Waals surface area contributed by atoms with Crippen LogP contribution in [0.1, 0.15) is 5.56 Å². The summed E-state index contributed by atoms with van der Waals surface area (Å²) in [5.41, 5.74) is 1.12. The van der Waals surface area contributed by atoms with Crippen LogP contribution < -0.4 is 5.32 Å². The molecular formula is C16H15F2NOS2. The summed E-state index contributed by atoms with van der Waals surface area (Å²) in [4.78, 5) is 12.9. The molecule has 0 aliphatic heterocycles. The van der Waals surface area contributed by atoms with Crippen molar-refractivity contribution < 1.29 is 13.6 Å². The minimum Gasteiger partial charge on any atom is -0.323 e. The van der Waals surface area contributed by atoms with Crippen LogP contribution in [0, 0.1) is 11.6 Å². The van der Waals surface area contributed by atoms with Crippen LogP contribution in [0.3, 0.4) is 0 Å². The van der Waals surface area contributed by atoms with Gasteiger partial charge in [-0.25, -0.2) is 8.78 Å². The molecule has 6 heteroatoms. The van der Waals surface area contributed by atoms with Crippen molar-refractivity contribution in [3.05, 3.63) is 59.7 Å². The van der Waals surface area contributed by atoms with Crippen LogP contribution in [-0.2, 0) is 10.5 Å². The third kappa shape index (κ3) is 5.03. The number of benzene rings is 2. The quantitative estimate of drug-likeness (QED) is 0.782. The highest BCUT2D eigenvalue weighted by Gasteiger charge is 2.08. The molecule has 116 valence electrons. The molecule has 0 saturated heterocycles. The number of thioether (sulfide) groups is 2. The predicted molar refractivity (Wildman–Crippen MR) is 89.4 cm³/mol. The number of halogens is 2. The highest BCUT2D eigenvalue weighted by Crippen LogP contribution is 2.19. The lowest BCUT2D eigenvalue weighted by Crippen LogP contribution is -2.15. The maximum atomic E-state index is 13.4. The zero-order chi connectivity index (χ0) is 15.9. The second kappa shape index (κ2) is 8.19. The van der Waals surface area contributed by atoms with E-state index in [1.165, 1.54) is 22.7 Å². The van der Waals surface area contributed by atoms with E-state index in [0.717, 1.165) is 17.7 Å². The molecule has 1 amide bonds. The van der Waals surface area contributed by atoms with Gasteiger partial charge in [-0.1, -0.05) is 12.1 Å². The van der Waals surface area contributed by atoms with Gasteiger partial charge in [0.05, 0.1) is 11.4 Å². The van der Waals surface area contributed by atoms with E-state index >= 15 is 0 Å². The summed E-state index contributed by atoms with van der Waals surface area (Å²) < 4.78 is 26.2. The average Bonchev–Trinajstić information content (AvgIpc) is 2.51. The number of amides is 1. The molecule has 2 rings (SSSR count). The molecule has 2 nitrogen and oxygen atoms in total. The van der Waals surface area contributed by atoms with Gasteiger partial charge < -0.3 is 5.32 Å². The summed E-state index contributed by atoms with van der Waals surface area (Å²) >= 11 is 3.12. The molecule has 0 unspecified atom stereocenters. The summed E-state index contributed by atoms with van der Waals surface area (Å²) in [5.74, 6) is -0.837. The normalized spacial score (nSPS) is 10.5. The first kappa shape index (κ1) is 16.8. The van der Waals surface area contributed by atoms with Gasteiger partial charge in [0.1, 0.15) is 11.6 Å². The molecule has 0 aliphatic carbocycles. The Labute approximate surface area is 136 Å². The third-order valence-electron chi connectivity index (χ3n) is 2.87. The van der Waals surface area contributed by atoms with E-state index in [1.54, 1.807) is 11.8 Å². The fraction of sp³-hybridized carbons (Fsp3) is 0.188. The van der Waals surface area contributed by atoms with Crippen molar-refractivity contribution in [3.63, 3.8) is 0 Å². The second-order valence-electron chi connectivity index (χ2n) is 4.51. The van der Waals surface area contributed by atoms with Crippen molar-refractivity contribution in [2.45, 2.75) is 10.6 Å². The van der Waals surface area contributed by atoms with Crippen molar-refractivity contribution in [2.24, 2.45) is 0 Å². The topological polar surface area (TPSA) is 29.1 Å². The number of carbonyl (C=O) groups excluding carboxylic acids is 1. The molecule has 0 aromatic heterocycles. The van der Waals surface area contributed by atoms with E-state index in [4.69, 9.17) is 0 Å². The smallest absolute Gasteiger partial charge is 0.234 e. The fourth-order valence-electron chi connectivity index (χ4n) is 1.76. The Morgan fingerprint density at radius 2 is 1.86 bits per heavy atom. The van der Waals surface area contributed by atoms with Crippen LogP contribution in [0.15, 0.2) is 47.4 Å². The molecule has 1 N–H and O–H groups in total. The van der Waals surface area contributed by atoms with Gasteiger partial charge in [0.25, 0.3) is 0 Å². The lowest BCUT2D eigenvalue weighted by Gasteiger charge is -2.07. The van der Waals surface area contributed by atoms with Gasteiger partial charge in [0, 0.05) is 16.7 Å². The summed E-state index contributed by atoms with van der Waals surface area (Å²) in [5, 5.41) is 2.44. The average molecular weight is 339 g/mol. The first-order chi connectivity index (χ1) is 10.6. The Morgan fingerprint density at radius 3 is 2.50 bits per heavy atom. The summed E-state index contributed by atoms with van der Waals surface area (Å²) in [6.45, 7) is 0. The molecule has 0 spiro atoms. The Kier molecular flexibility index (Phi) is 6.27. The number of hydrogen-bond acceptors (Lipinski definition) is 3. The Balaban J connectivity index is 1.79. The van der Waals surface area contributed by atoms with Crippen LogP contribution in [-0.4, -0.2) is 17.9 Å². The van der Waals surface area contributed by atoms with Crippen molar-refractivity contribution in [1.29, 1.82) is 0 Å². The van der Waals surface area contributed by atoms with Crippen LogP contribution >= 0.6 is 23.5 Å². The molecular weight excluding hydrogens is 324 g/mol. The lowest BCUT2D eigenvalue weighted by atomic mass is 10.2. The van der Waals surface area contributed by atoms with Gasteiger partial charge >= 0.3 is 0 Å². The molecule has 0 bridgehead atoms. The van der Waals surface area contributed by atoms with Crippen LogP contribution in [0.4, 0.5) is 14.5 Å². The van der Waals surface area contributed by atoms with Gasteiger partial charge in [-0.05, 0) is 36.1 Å². The van der Waals surface area contributed by atoms with Crippen LogP contribution in [0.5, 0.6) is 0 Å². The highest BCUT2D eigenvalue weighted by atomic mass is 32.2. The van der Waals surface area contributed by atoms with E-state index in [2.05, 4.69) is 5.32 Å². The SMILES string of the molecule is CSc1ccc(CSCC(=O)Nc2ccc(F)cc2F)cc1. The molecule has 0 radical (unpaired) electrons. The summed E-state index contributed by atoms with van der Waals surface area (Å²) in [6, 6.07) is 11.2. The fourth-order valence-corrected chi connectivity index (χ4v) is 2.96. The zero-order valence-electron chi connectivity index (χ0n) is 11.9. The molecule has 0 fully saturated rings. The molecule has 2 aromatic carbocycles. The van der Waals surface area contributed by atoms with Crippen molar-refractivity contribution >= 4 is 35.1 Å². The molecule has 0 saturated carbocycles. The lowest BCUT2D eigenvalue weighted by molar-refractivity contribution is -0.113. The molecule has 0 atom stereocenters. The Hall–Kier alpha value is -1.53. The van der Waals surface area contributed by atoms with Gasteiger partial charge in [-0.15, -0.1) is 23.5 Å². The standard InChI is InChI=1S/C16H15F2NOS2/c1-21-13-5-2-11(3-6-13)9-22-10-16(20)19-15-7-4-12(17)8-14(15)18/h2-8H,9-10H2,1H3,(H,19,20). The number of hydrogen-bond donors (Lipinski definition) is 1. The zero-order valence-corrected chi connectivity index (χ0v) is 13.6. The minimum atomic E-state index is -0.772. The van der Waals surface area contributed by atoms with E-state index in [1.807, 2.05) is 30.5 Å². The highest BCUT2D eigenvalue weighted by molar-refractivity contribution is 7.99. The second-order valence-corrected chi connectivity index (χ2v) is 6.38. The van der Waals surface area contributed by atoms with E-state index in [9.17, 15) is 13.6 Å². The van der Waals surface area contributed by atoms with E-state index in [-0.39, 0.29) is 17.3 Å². The Morgan fingerprint density at radius 1 is 1.14 bits per heavy atom.